The molecular weight excluding hydrogens is 225 g/mol. The lowest BCUT2D eigenvalue weighted by Crippen LogP contribution is -2.26. The molecule has 0 radical (unpaired) electrons. The molecule has 0 aliphatic carbocycles. The summed E-state index contributed by atoms with van der Waals surface area (Å²) < 4.78 is 17.3. The number of hydrogen-bond donors (Lipinski definition) is 1. The van der Waals surface area contributed by atoms with E-state index in [1.165, 1.54) is 19.2 Å². The predicted molar refractivity (Wildman–Crippen MR) is 57.4 cm³/mol. The van der Waals surface area contributed by atoms with Gasteiger partial charge in [-0.1, -0.05) is 12.1 Å². The number of methoxy groups -OCH3 is 1. The zero-order valence-electron chi connectivity index (χ0n) is 9.27. The van der Waals surface area contributed by atoms with E-state index in [2.05, 4.69) is 10.1 Å². The van der Waals surface area contributed by atoms with Gasteiger partial charge in [0.2, 0.25) is 5.91 Å². The molecule has 1 aromatic rings. The summed E-state index contributed by atoms with van der Waals surface area (Å²) in [6, 6.07) is 5.59. The third-order valence-electron chi connectivity index (χ3n) is 2.86. The highest BCUT2D eigenvalue weighted by Gasteiger charge is 2.38. The second-order valence-electron chi connectivity index (χ2n) is 3.92. The molecule has 17 heavy (non-hydrogen) atoms. The summed E-state index contributed by atoms with van der Waals surface area (Å²) in [5.74, 6) is -1.98. The first kappa shape index (κ1) is 11.6. The van der Waals surface area contributed by atoms with E-state index in [0.717, 1.165) is 5.56 Å². The molecule has 1 fully saturated rings. The van der Waals surface area contributed by atoms with Crippen LogP contribution in [-0.2, 0) is 14.3 Å². The van der Waals surface area contributed by atoms with Crippen LogP contribution < -0.4 is 5.32 Å². The molecule has 4 nitrogen and oxygen atoms in total. The Hall–Kier alpha value is -1.91. The number of benzene rings is 1. The molecule has 0 aromatic heterocycles. The highest BCUT2D eigenvalue weighted by Crippen LogP contribution is 2.28. The number of rotatable bonds is 2. The number of nitrogens with one attached hydrogen (secondary N) is 1. The van der Waals surface area contributed by atoms with Gasteiger partial charge in [0.25, 0.3) is 0 Å². The first-order valence-electron chi connectivity index (χ1n) is 5.25. The number of amides is 1. The number of carbonyl (C=O) groups is 2. The summed E-state index contributed by atoms with van der Waals surface area (Å²) >= 11 is 0. The molecule has 2 rings (SSSR count). The van der Waals surface area contributed by atoms with Crippen molar-refractivity contribution >= 4 is 11.9 Å². The van der Waals surface area contributed by atoms with E-state index in [1.807, 2.05) is 0 Å². The lowest BCUT2D eigenvalue weighted by atomic mass is 10.00. The van der Waals surface area contributed by atoms with E-state index in [0.29, 0.717) is 6.42 Å². The fourth-order valence-electron chi connectivity index (χ4n) is 1.93. The largest absolute Gasteiger partial charge is 0.468 e. The Labute approximate surface area is 97.8 Å². The van der Waals surface area contributed by atoms with E-state index in [1.54, 1.807) is 12.1 Å². The van der Waals surface area contributed by atoms with Gasteiger partial charge in [-0.3, -0.25) is 9.59 Å². The van der Waals surface area contributed by atoms with Crippen molar-refractivity contribution in [2.45, 2.75) is 12.5 Å². The van der Waals surface area contributed by atoms with Crippen molar-refractivity contribution in [3.8, 4) is 0 Å². The number of esters is 1. The van der Waals surface area contributed by atoms with Crippen LogP contribution in [0.25, 0.3) is 0 Å². The number of ether oxygens (including phenoxy) is 1. The summed E-state index contributed by atoms with van der Waals surface area (Å²) in [4.78, 5) is 22.9. The van der Waals surface area contributed by atoms with Crippen LogP contribution in [0.4, 0.5) is 4.39 Å². The zero-order chi connectivity index (χ0) is 12.4. The first-order valence-corrected chi connectivity index (χ1v) is 5.25. The topological polar surface area (TPSA) is 55.4 Å². The van der Waals surface area contributed by atoms with E-state index in [-0.39, 0.29) is 17.8 Å². The van der Waals surface area contributed by atoms with Crippen LogP contribution in [-0.4, -0.2) is 19.0 Å². The lowest BCUT2D eigenvalue weighted by molar-refractivity contribution is -0.148. The number of carbonyl (C=O) groups excluding carboxylic acids is 2. The lowest BCUT2D eigenvalue weighted by Gasteiger charge is -2.09. The van der Waals surface area contributed by atoms with Gasteiger partial charge in [-0.2, -0.15) is 0 Å². The molecule has 0 bridgehead atoms. The van der Waals surface area contributed by atoms with E-state index >= 15 is 0 Å². The van der Waals surface area contributed by atoms with E-state index in [4.69, 9.17) is 0 Å². The van der Waals surface area contributed by atoms with Gasteiger partial charge in [0.15, 0.2) is 0 Å². The van der Waals surface area contributed by atoms with Gasteiger partial charge < -0.3 is 10.1 Å². The molecule has 1 aliphatic rings. The van der Waals surface area contributed by atoms with Gasteiger partial charge in [0.1, 0.15) is 11.7 Å². The molecule has 90 valence electrons. The SMILES string of the molecule is COC(=O)C1CC(c2ccc(F)cc2)NC1=O. The van der Waals surface area contributed by atoms with Crippen molar-refractivity contribution in [2.75, 3.05) is 7.11 Å². The average Bonchev–Trinajstić information content (AvgIpc) is 2.71. The zero-order valence-corrected chi connectivity index (χ0v) is 9.27. The van der Waals surface area contributed by atoms with Crippen LogP contribution in [0.5, 0.6) is 0 Å². The summed E-state index contributed by atoms with van der Waals surface area (Å²) in [7, 11) is 1.25. The number of hydrogen-bond acceptors (Lipinski definition) is 3. The van der Waals surface area contributed by atoms with Crippen molar-refractivity contribution in [3.63, 3.8) is 0 Å². The molecule has 5 heteroatoms. The Kier molecular flexibility index (Phi) is 3.08. The van der Waals surface area contributed by atoms with Crippen LogP contribution in [0.15, 0.2) is 24.3 Å². The molecule has 1 heterocycles. The molecule has 1 aromatic carbocycles. The Bertz CT molecular complexity index is 444. The van der Waals surface area contributed by atoms with Gasteiger partial charge in [-0.25, -0.2) is 4.39 Å². The molecule has 2 unspecified atom stereocenters. The highest BCUT2D eigenvalue weighted by molar-refractivity contribution is 5.99. The second-order valence-corrected chi connectivity index (χ2v) is 3.92. The second kappa shape index (κ2) is 4.53. The molecule has 1 amide bonds. The maximum absolute atomic E-state index is 12.7. The average molecular weight is 237 g/mol. The van der Waals surface area contributed by atoms with Crippen LogP contribution in [0.3, 0.4) is 0 Å². The molecule has 0 spiro atoms. The minimum absolute atomic E-state index is 0.257. The standard InChI is InChI=1S/C12H12FNO3/c1-17-12(16)9-6-10(14-11(9)15)7-2-4-8(13)5-3-7/h2-5,9-10H,6H2,1H3,(H,14,15). The smallest absolute Gasteiger partial charge is 0.318 e. The first-order chi connectivity index (χ1) is 8.11. The summed E-state index contributed by atoms with van der Waals surface area (Å²) in [5, 5.41) is 2.69. The van der Waals surface area contributed by atoms with E-state index in [9.17, 15) is 14.0 Å². The Balaban J connectivity index is 2.13. The van der Waals surface area contributed by atoms with Crippen LogP contribution in [0.1, 0.15) is 18.0 Å². The normalized spacial score (nSPS) is 23.3. The maximum Gasteiger partial charge on any atom is 0.318 e. The maximum atomic E-state index is 12.7. The molecule has 0 saturated carbocycles. The van der Waals surface area contributed by atoms with Crippen molar-refractivity contribution in [1.82, 2.24) is 5.32 Å². The molecular formula is C12H12FNO3. The Morgan fingerprint density at radius 2 is 2.06 bits per heavy atom. The van der Waals surface area contributed by atoms with E-state index < -0.39 is 11.9 Å². The third-order valence-corrected chi connectivity index (χ3v) is 2.86. The summed E-state index contributed by atoms with van der Waals surface area (Å²) in [6.45, 7) is 0. The Morgan fingerprint density at radius 3 is 2.65 bits per heavy atom. The van der Waals surface area contributed by atoms with Gasteiger partial charge in [-0.05, 0) is 24.1 Å². The fraction of sp³-hybridized carbons (Fsp3) is 0.333. The van der Waals surface area contributed by atoms with Crippen molar-refractivity contribution in [1.29, 1.82) is 0 Å². The van der Waals surface area contributed by atoms with Crippen LogP contribution in [0, 0.1) is 11.7 Å². The Morgan fingerprint density at radius 1 is 1.41 bits per heavy atom. The fourth-order valence-corrected chi connectivity index (χ4v) is 1.93. The van der Waals surface area contributed by atoms with Crippen molar-refractivity contribution in [2.24, 2.45) is 5.92 Å². The summed E-state index contributed by atoms with van der Waals surface area (Å²) in [5.41, 5.74) is 0.783. The quantitative estimate of drug-likeness (QED) is 0.620. The summed E-state index contributed by atoms with van der Waals surface area (Å²) in [6.07, 6.45) is 0.344. The van der Waals surface area contributed by atoms with Crippen LogP contribution in [0.2, 0.25) is 0 Å². The van der Waals surface area contributed by atoms with Gasteiger partial charge in [0, 0.05) is 0 Å². The monoisotopic (exact) mass is 237 g/mol. The van der Waals surface area contributed by atoms with Gasteiger partial charge in [-0.15, -0.1) is 0 Å². The van der Waals surface area contributed by atoms with Gasteiger partial charge in [0.05, 0.1) is 13.2 Å². The molecule has 1 N–H and O–H groups in total. The van der Waals surface area contributed by atoms with Gasteiger partial charge >= 0.3 is 5.97 Å². The minimum atomic E-state index is -0.768. The molecule has 1 aliphatic heterocycles. The number of halogens is 1. The predicted octanol–water partition coefficient (Wildman–Crippen LogP) is 1.18. The molecule has 2 atom stereocenters. The van der Waals surface area contributed by atoms with Crippen molar-refractivity contribution < 1.29 is 18.7 Å². The van der Waals surface area contributed by atoms with Crippen molar-refractivity contribution in [3.05, 3.63) is 35.6 Å². The highest BCUT2D eigenvalue weighted by atomic mass is 19.1. The third kappa shape index (κ3) is 2.27. The minimum Gasteiger partial charge on any atom is -0.468 e. The molecule has 1 saturated heterocycles. The van der Waals surface area contributed by atoms with Crippen LogP contribution >= 0.6 is 0 Å².